The van der Waals surface area contributed by atoms with E-state index < -0.39 is 23.3 Å². The van der Waals surface area contributed by atoms with Crippen molar-refractivity contribution in [3.63, 3.8) is 0 Å². The molecule has 0 aliphatic rings. The Morgan fingerprint density at radius 2 is 1.83 bits per heavy atom. The molecule has 3 aromatic rings. The van der Waals surface area contributed by atoms with Crippen molar-refractivity contribution in [2.75, 3.05) is 24.7 Å². The van der Waals surface area contributed by atoms with Crippen LogP contribution in [-0.2, 0) is 10.5 Å². The zero-order valence-corrected chi connectivity index (χ0v) is 20.8. The fraction of sp³-hybridized carbons (Fsp3) is 0.320. The fourth-order valence-electron chi connectivity index (χ4n) is 3.09. The zero-order valence-electron chi connectivity index (χ0n) is 20.0. The van der Waals surface area contributed by atoms with Crippen molar-refractivity contribution in [1.29, 1.82) is 0 Å². The third-order valence-electron chi connectivity index (χ3n) is 4.57. The van der Waals surface area contributed by atoms with Gasteiger partial charge in [0.15, 0.2) is 0 Å². The van der Waals surface area contributed by atoms with Gasteiger partial charge in [-0.25, -0.2) is 23.5 Å². The molecule has 0 saturated carbocycles. The van der Waals surface area contributed by atoms with Crippen LogP contribution < -0.4 is 15.4 Å². The second-order valence-electron chi connectivity index (χ2n) is 8.55. The smallest absolute Gasteiger partial charge is 0.407 e. The highest BCUT2D eigenvalue weighted by atomic mass is 32.2. The molecule has 0 aliphatic heterocycles. The molecule has 10 heteroatoms. The van der Waals surface area contributed by atoms with Crippen LogP contribution in [0, 0.1) is 11.6 Å². The lowest BCUT2D eigenvalue weighted by Crippen LogP contribution is -2.33. The average Bonchev–Trinajstić information content (AvgIpc) is 2.79. The van der Waals surface area contributed by atoms with Gasteiger partial charge < -0.3 is 20.1 Å². The summed E-state index contributed by atoms with van der Waals surface area (Å²) in [7, 11) is 1.40. The van der Waals surface area contributed by atoms with Gasteiger partial charge in [0, 0.05) is 41.4 Å². The van der Waals surface area contributed by atoms with E-state index in [1.54, 1.807) is 18.0 Å². The lowest BCUT2D eigenvalue weighted by molar-refractivity contribution is 0.0531. The number of hydrogen-bond acceptors (Lipinski definition) is 7. The summed E-state index contributed by atoms with van der Waals surface area (Å²) in [6.45, 7) is 5.94. The number of pyridine rings is 2. The molecule has 2 N–H and O–H groups in total. The zero-order chi connectivity index (χ0) is 25.4. The van der Waals surface area contributed by atoms with Crippen LogP contribution in [-0.4, -0.2) is 41.1 Å². The van der Waals surface area contributed by atoms with Gasteiger partial charge in [-0.3, -0.25) is 0 Å². The van der Waals surface area contributed by atoms with Crippen LogP contribution in [0.15, 0.2) is 48.8 Å². The predicted molar refractivity (Wildman–Crippen MR) is 134 cm³/mol. The first kappa shape index (κ1) is 26.2. The molecule has 186 valence electrons. The summed E-state index contributed by atoms with van der Waals surface area (Å²) in [4.78, 5) is 20.1. The SMILES string of the molecule is COc1cc(F)ccc1-c1cc(Nc2cc(CSCCNC(=O)OC(C)(C)C)ccn2)ncc1F. The number of thioether (sulfide) groups is 1. The van der Waals surface area contributed by atoms with Crippen molar-refractivity contribution in [2.24, 2.45) is 0 Å². The number of carbonyl (C=O) groups excluding carboxylic acids is 1. The van der Waals surface area contributed by atoms with Crippen LogP contribution in [0.1, 0.15) is 26.3 Å². The molecule has 0 saturated heterocycles. The number of anilines is 2. The Bertz CT molecular complexity index is 1170. The second kappa shape index (κ2) is 11.8. The standard InChI is InChI=1S/C25H28F2N4O3S/c1-25(2,3)34-24(32)29-9-10-35-15-16-7-8-28-22(11-16)31-23-13-19(20(27)14-30-23)18-6-5-17(26)12-21(18)33-4/h5-8,11-14H,9-10,15H2,1-4H3,(H,29,32)(H,28,30,31). The number of aromatic nitrogens is 2. The van der Waals surface area contributed by atoms with Crippen molar-refractivity contribution < 1.29 is 23.0 Å². The molecule has 0 atom stereocenters. The van der Waals surface area contributed by atoms with Crippen LogP contribution in [0.25, 0.3) is 11.1 Å². The maximum atomic E-state index is 14.5. The number of amides is 1. The lowest BCUT2D eigenvalue weighted by Gasteiger charge is -2.19. The molecule has 0 aliphatic carbocycles. The molecular weight excluding hydrogens is 474 g/mol. The Hall–Kier alpha value is -3.40. The van der Waals surface area contributed by atoms with Gasteiger partial charge in [-0.15, -0.1) is 0 Å². The minimum absolute atomic E-state index is 0.222. The molecule has 0 fully saturated rings. The van der Waals surface area contributed by atoms with Gasteiger partial charge in [-0.2, -0.15) is 11.8 Å². The Balaban J connectivity index is 1.60. The van der Waals surface area contributed by atoms with Crippen LogP contribution in [0.3, 0.4) is 0 Å². The summed E-state index contributed by atoms with van der Waals surface area (Å²) >= 11 is 1.65. The van der Waals surface area contributed by atoms with Crippen LogP contribution >= 0.6 is 11.8 Å². The summed E-state index contributed by atoms with van der Waals surface area (Å²) in [5.74, 6) is 1.54. The van der Waals surface area contributed by atoms with E-state index in [1.807, 2.05) is 32.9 Å². The monoisotopic (exact) mass is 502 g/mol. The van der Waals surface area contributed by atoms with Gasteiger partial charge in [0.05, 0.1) is 13.3 Å². The maximum absolute atomic E-state index is 14.5. The third kappa shape index (κ3) is 8.10. The van der Waals surface area contributed by atoms with Crippen molar-refractivity contribution >= 4 is 29.5 Å². The molecule has 0 radical (unpaired) electrons. The summed E-state index contributed by atoms with van der Waals surface area (Å²) in [5, 5.41) is 5.81. The average molecular weight is 503 g/mol. The summed E-state index contributed by atoms with van der Waals surface area (Å²) in [6.07, 6.45) is 2.33. The largest absolute Gasteiger partial charge is 0.496 e. The van der Waals surface area contributed by atoms with E-state index in [0.717, 1.165) is 11.8 Å². The van der Waals surface area contributed by atoms with Crippen molar-refractivity contribution in [2.45, 2.75) is 32.1 Å². The van der Waals surface area contributed by atoms with Crippen LogP contribution in [0.5, 0.6) is 5.75 Å². The fourth-order valence-corrected chi connectivity index (χ4v) is 3.90. The Labute approximate surface area is 207 Å². The number of methoxy groups -OCH3 is 1. The highest BCUT2D eigenvalue weighted by molar-refractivity contribution is 7.98. The highest BCUT2D eigenvalue weighted by Crippen LogP contribution is 2.33. The molecular formula is C25H28F2N4O3S. The molecule has 1 amide bonds. The first-order chi connectivity index (χ1) is 16.6. The molecule has 2 heterocycles. The number of nitrogens with zero attached hydrogens (tertiary/aromatic N) is 2. The summed E-state index contributed by atoms with van der Waals surface area (Å²) < 4.78 is 38.5. The van der Waals surface area contributed by atoms with Gasteiger partial charge in [0.1, 0.15) is 34.6 Å². The van der Waals surface area contributed by atoms with Crippen LogP contribution in [0.4, 0.5) is 25.2 Å². The number of carbonyl (C=O) groups is 1. The highest BCUT2D eigenvalue weighted by Gasteiger charge is 2.16. The molecule has 0 spiro atoms. The second-order valence-corrected chi connectivity index (χ2v) is 9.65. The van der Waals surface area contributed by atoms with E-state index >= 15 is 0 Å². The molecule has 1 aromatic carbocycles. The summed E-state index contributed by atoms with van der Waals surface area (Å²) in [5.41, 5.74) is 1.13. The van der Waals surface area contributed by atoms with Gasteiger partial charge in [-0.05, 0) is 56.7 Å². The van der Waals surface area contributed by atoms with Crippen molar-refractivity contribution in [3.8, 4) is 16.9 Å². The Morgan fingerprint density at radius 1 is 1.06 bits per heavy atom. The molecule has 3 rings (SSSR count). The van der Waals surface area contributed by atoms with E-state index in [2.05, 4.69) is 20.6 Å². The van der Waals surface area contributed by atoms with Gasteiger partial charge in [0.25, 0.3) is 0 Å². The minimum atomic E-state index is -0.557. The minimum Gasteiger partial charge on any atom is -0.496 e. The Morgan fingerprint density at radius 3 is 2.57 bits per heavy atom. The number of nitrogens with one attached hydrogen (secondary N) is 2. The van der Waals surface area contributed by atoms with Gasteiger partial charge >= 0.3 is 6.09 Å². The number of alkyl carbamates (subject to hydrolysis) is 1. The number of halogens is 2. The molecule has 35 heavy (non-hydrogen) atoms. The van der Waals surface area contributed by atoms with E-state index in [9.17, 15) is 13.6 Å². The molecule has 2 aromatic heterocycles. The van der Waals surface area contributed by atoms with E-state index in [1.165, 1.54) is 31.4 Å². The first-order valence-electron chi connectivity index (χ1n) is 10.9. The van der Waals surface area contributed by atoms with E-state index in [0.29, 0.717) is 35.2 Å². The summed E-state index contributed by atoms with van der Waals surface area (Å²) in [6, 6.07) is 9.20. The third-order valence-corrected chi connectivity index (χ3v) is 5.60. The molecule has 7 nitrogen and oxygen atoms in total. The Kier molecular flexibility index (Phi) is 8.86. The first-order valence-corrected chi connectivity index (χ1v) is 12.1. The maximum Gasteiger partial charge on any atom is 0.407 e. The van der Waals surface area contributed by atoms with Crippen molar-refractivity contribution in [3.05, 3.63) is 66.0 Å². The predicted octanol–water partition coefficient (Wildman–Crippen LogP) is 5.93. The number of ether oxygens (including phenoxy) is 2. The van der Waals surface area contributed by atoms with E-state index in [4.69, 9.17) is 9.47 Å². The van der Waals surface area contributed by atoms with E-state index in [-0.39, 0.29) is 11.3 Å². The molecule has 0 unspecified atom stereocenters. The number of benzene rings is 1. The van der Waals surface area contributed by atoms with Gasteiger partial charge in [0.2, 0.25) is 0 Å². The molecule has 0 bridgehead atoms. The number of hydrogen-bond donors (Lipinski definition) is 2. The quantitative estimate of drug-likeness (QED) is 0.351. The number of rotatable bonds is 9. The van der Waals surface area contributed by atoms with Crippen molar-refractivity contribution in [1.82, 2.24) is 15.3 Å². The van der Waals surface area contributed by atoms with Gasteiger partial charge in [-0.1, -0.05) is 0 Å². The topological polar surface area (TPSA) is 85.4 Å². The normalized spacial score (nSPS) is 11.1. The van der Waals surface area contributed by atoms with Crippen LogP contribution in [0.2, 0.25) is 0 Å². The lowest BCUT2D eigenvalue weighted by atomic mass is 10.0.